The molecule has 2 N–H and O–H groups in total. The molecule has 0 saturated carbocycles. The lowest BCUT2D eigenvalue weighted by atomic mass is 10.2. The quantitative estimate of drug-likeness (QED) is 0.609. The molecule has 96 valence electrons. The highest BCUT2D eigenvalue weighted by molar-refractivity contribution is 7.98. The van der Waals surface area contributed by atoms with Crippen LogP contribution in [0.25, 0.3) is 0 Å². The minimum absolute atomic E-state index is 0.786. The van der Waals surface area contributed by atoms with Crippen molar-refractivity contribution in [1.82, 2.24) is 4.90 Å². The zero-order valence-corrected chi connectivity index (χ0v) is 12.2. The van der Waals surface area contributed by atoms with Gasteiger partial charge in [-0.25, -0.2) is 0 Å². The summed E-state index contributed by atoms with van der Waals surface area (Å²) in [7, 11) is 0. The SMILES string of the molecule is CCN(CC)CCSCc1cc(N)ccc1Cl. The van der Waals surface area contributed by atoms with Crippen molar-refractivity contribution < 1.29 is 0 Å². The summed E-state index contributed by atoms with van der Waals surface area (Å²) in [6.07, 6.45) is 0. The highest BCUT2D eigenvalue weighted by Crippen LogP contribution is 2.23. The van der Waals surface area contributed by atoms with E-state index in [4.69, 9.17) is 17.3 Å². The summed E-state index contributed by atoms with van der Waals surface area (Å²) in [5.74, 6) is 2.07. The zero-order chi connectivity index (χ0) is 12.7. The molecule has 0 aromatic heterocycles. The molecule has 0 aliphatic rings. The van der Waals surface area contributed by atoms with Crippen molar-refractivity contribution in [1.29, 1.82) is 0 Å². The van der Waals surface area contributed by atoms with Crippen LogP contribution in [0.15, 0.2) is 18.2 Å². The molecule has 0 amide bonds. The monoisotopic (exact) mass is 272 g/mol. The standard InChI is InChI=1S/C13H21ClN2S/c1-3-16(4-2)7-8-17-10-11-9-12(15)5-6-13(11)14/h5-6,9H,3-4,7-8,10,15H2,1-2H3. The lowest BCUT2D eigenvalue weighted by Crippen LogP contribution is -2.25. The number of hydrogen-bond donors (Lipinski definition) is 1. The van der Waals surface area contributed by atoms with Gasteiger partial charge in [0.2, 0.25) is 0 Å². The lowest BCUT2D eigenvalue weighted by molar-refractivity contribution is 0.324. The number of rotatable bonds is 7. The molecule has 2 nitrogen and oxygen atoms in total. The largest absolute Gasteiger partial charge is 0.399 e. The van der Waals surface area contributed by atoms with E-state index in [-0.39, 0.29) is 0 Å². The number of nitrogen functional groups attached to an aromatic ring is 1. The first-order valence-corrected chi connectivity index (χ1v) is 7.54. The molecular weight excluding hydrogens is 252 g/mol. The van der Waals surface area contributed by atoms with Crippen molar-refractivity contribution in [2.45, 2.75) is 19.6 Å². The molecule has 1 aromatic rings. The Morgan fingerprint density at radius 2 is 2.00 bits per heavy atom. The zero-order valence-electron chi connectivity index (χ0n) is 10.6. The van der Waals surface area contributed by atoms with E-state index >= 15 is 0 Å². The number of anilines is 1. The van der Waals surface area contributed by atoms with E-state index in [0.717, 1.165) is 47.4 Å². The van der Waals surface area contributed by atoms with Crippen LogP contribution >= 0.6 is 23.4 Å². The van der Waals surface area contributed by atoms with Crippen LogP contribution in [0.3, 0.4) is 0 Å². The predicted molar refractivity (Wildman–Crippen MR) is 79.8 cm³/mol. The van der Waals surface area contributed by atoms with Crippen LogP contribution in [0, 0.1) is 0 Å². The van der Waals surface area contributed by atoms with Gasteiger partial charge in [-0.3, -0.25) is 0 Å². The summed E-state index contributed by atoms with van der Waals surface area (Å²) < 4.78 is 0. The fourth-order valence-electron chi connectivity index (χ4n) is 1.62. The second-order valence-corrected chi connectivity index (χ2v) is 5.44. The third kappa shape index (κ3) is 5.19. The van der Waals surface area contributed by atoms with Crippen molar-refractivity contribution >= 4 is 29.1 Å². The van der Waals surface area contributed by atoms with Gasteiger partial charge in [0.1, 0.15) is 0 Å². The van der Waals surface area contributed by atoms with Crippen LogP contribution in [-0.4, -0.2) is 30.3 Å². The summed E-state index contributed by atoms with van der Waals surface area (Å²) in [6, 6.07) is 5.68. The summed E-state index contributed by atoms with van der Waals surface area (Å²) in [5, 5.41) is 0.814. The Morgan fingerprint density at radius 3 is 2.65 bits per heavy atom. The Morgan fingerprint density at radius 1 is 1.29 bits per heavy atom. The molecule has 0 radical (unpaired) electrons. The highest BCUT2D eigenvalue weighted by atomic mass is 35.5. The van der Waals surface area contributed by atoms with Gasteiger partial charge in [-0.1, -0.05) is 25.4 Å². The number of thioether (sulfide) groups is 1. The van der Waals surface area contributed by atoms with Gasteiger partial charge >= 0.3 is 0 Å². The summed E-state index contributed by atoms with van der Waals surface area (Å²) in [6.45, 7) is 7.77. The van der Waals surface area contributed by atoms with Crippen LogP contribution in [-0.2, 0) is 5.75 Å². The highest BCUT2D eigenvalue weighted by Gasteiger charge is 2.02. The molecule has 4 heteroatoms. The molecule has 0 aliphatic heterocycles. The van der Waals surface area contributed by atoms with E-state index in [0.29, 0.717) is 0 Å². The van der Waals surface area contributed by atoms with Crippen LogP contribution in [0.5, 0.6) is 0 Å². The van der Waals surface area contributed by atoms with Gasteiger partial charge in [-0.15, -0.1) is 0 Å². The smallest absolute Gasteiger partial charge is 0.0447 e. The van der Waals surface area contributed by atoms with E-state index in [1.54, 1.807) is 0 Å². The molecule has 0 aliphatic carbocycles. The molecule has 0 bridgehead atoms. The van der Waals surface area contributed by atoms with Crippen LogP contribution in [0.2, 0.25) is 5.02 Å². The number of nitrogens with zero attached hydrogens (tertiary/aromatic N) is 1. The molecule has 0 atom stereocenters. The van der Waals surface area contributed by atoms with Crippen LogP contribution in [0.4, 0.5) is 5.69 Å². The molecule has 0 fully saturated rings. The van der Waals surface area contributed by atoms with E-state index in [1.807, 2.05) is 30.0 Å². The number of benzene rings is 1. The number of hydrogen-bond acceptors (Lipinski definition) is 3. The van der Waals surface area contributed by atoms with Crippen LogP contribution < -0.4 is 5.73 Å². The maximum Gasteiger partial charge on any atom is 0.0447 e. The average Bonchev–Trinajstić information content (AvgIpc) is 2.33. The van der Waals surface area contributed by atoms with Gasteiger partial charge < -0.3 is 10.6 Å². The molecule has 0 spiro atoms. The van der Waals surface area contributed by atoms with Gasteiger partial charge in [0.15, 0.2) is 0 Å². The Labute approximate surface area is 114 Å². The Hall–Kier alpha value is -0.380. The van der Waals surface area contributed by atoms with E-state index in [2.05, 4.69) is 18.7 Å². The molecule has 0 saturated heterocycles. The second-order valence-electron chi connectivity index (χ2n) is 3.93. The minimum atomic E-state index is 0.786. The van der Waals surface area contributed by atoms with E-state index in [9.17, 15) is 0 Å². The van der Waals surface area contributed by atoms with Gasteiger partial charge in [0, 0.05) is 28.8 Å². The number of nitrogens with two attached hydrogens (primary N) is 1. The summed E-state index contributed by atoms with van der Waals surface area (Å²) in [4.78, 5) is 2.42. The van der Waals surface area contributed by atoms with Crippen molar-refractivity contribution in [3.8, 4) is 0 Å². The van der Waals surface area contributed by atoms with Gasteiger partial charge in [0.05, 0.1) is 0 Å². The van der Waals surface area contributed by atoms with Gasteiger partial charge in [-0.05, 0) is 36.9 Å². The lowest BCUT2D eigenvalue weighted by Gasteiger charge is -2.17. The topological polar surface area (TPSA) is 29.3 Å². The van der Waals surface area contributed by atoms with Crippen molar-refractivity contribution in [3.05, 3.63) is 28.8 Å². The predicted octanol–water partition coefficient (Wildman–Crippen LogP) is 3.50. The Bertz CT molecular complexity index is 340. The minimum Gasteiger partial charge on any atom is -0.399 e. The van der Waals surface area contributed by atoms with Crippen molar-refractivity contribution in [3.63, 3.8) is 0 Å². The normalized spacial score (nSPS) is 11.1. The van der Waals surface area contributed by atoms with Crippen molar-refractivity contribution in [2.75, 3.05) is 31.1 Å². The number of halogens is 1. The third-order valence-corrected chi connectivity index (χ3v) is 4.13. The Balaban J connectivity index is 2.33. The summed E-state index contributed by atoms with van der Waals surface area (Å²) >= 11 is 8.02. The molecule has 1 rings (SSSR count). The maximum absolute atomic E-state index is 6.11. The van der Waals surface area contributed by atoms with Gasteiger partial charge in [-0.2, -0.15) is 11.8 Å². The first-order valence-electron chi connectivity index (χ1n) is 6.01. The first kappa shape index (κ1) is 14.7. The molecule has 17 heavy (non-hydrogen) atoms. The van der Waals surface area contributed by atoms with Crippen molar-refractivity contribution in [2.24, 2.45) is 0 Å². The van der Waals surface area contributed by atoms with E-state index < -0.39 is 0 Å². The third-order valence-electron chi connectivity index (χ3n) is 2.77. The van der Waals surface area contributed by atoms with Crippen LogP contribution in [0.1, 0.15) is 19.4 Å². The fourth-order valence-corrected chi connectivity index (χ4v) is 2.87. The molecule has 0 heterocycles. The second kappa shape index (κ2) is 7.85. The first-order chi connectivity index (χ1) is 8.17. The summed E-state index contributed by atoms with van der Waals surface area (Å²) in [5.41, 5.74) is 7.67. The molecule has 0 unspecified atom stereocenters. The molecule has 1 aromatic carbocycles. The Kier molecular flexibility index (Phi) is 6.78. The van der Waals surface area contributed by atoms with E-state index in [1.165, 1.54) is 0 Å². The molecular formula is C13H21ClN2S. The van der Waals surface area contributed by atoms with Gasteiger partial charge in [0.25, 0.3) is 0 Å². The fraction of sp³-hybridized carbons (Fsp3) is 0.538. The average molecular weight is 273 g/mol. The maximum atomic E-state index is 6.11.